The normalized spacial score (nSPS) is 11.8. The molecule has 190 valence electrons. The molecule has 0 bridgehead atoms. The lowest BCUT2D eigenvalue weighted by atomic mass is 9.81. The van der Waals surface area contributed by atoms with Crippen molar-refractivity contribution in [3.63, 3.8) is 0 Å². The Bertz CT molecular complexity index is 877. The molecule has 0 unspecified atom stereocenters. The second kappa shape index (κ2) is 13.5. The van der Waals surface area contributed by atoms with E-state index in [1.165, 1.54) is 71.1 Å². The Morgan fingerprint density at radius 1 is 0.676 bits per heavy atom. The molecule has 0 aliphatic rings. The van der Waals surface area contributed by atoms with E-state index in [1.54, 1.807) is 0 Å². The lowest BCUT2D eigenvalue weighted by molar-refractivity contribution is 0.407. The van der Waals surface area contributed by atoms with Crippen LogP contribution in [0.15, 0.2) is 24.3 Å². The molecule has 2 aromatic rings. The smallest absolute Gasteiger partial charge is 0.127 e. The van der Waals surface area contributed by atoms with Gasteiger partial charge in [0.15, 0.2) is 0 Å². The Morgan fingerprint density at radius 3 is 1.53 bits per heavy atom. The minimum Gasteiger partial charge on any atom is -0.496 e. The zero-order valence-corrected chi connectivity index (χ0v) is 24.4. The Morgan fingerprint density at radius 2 is 1.15 bits per heavy atom. The molecule has 2 aromatic carbocycles. The Kier molecular flexibility index (Phi) is 11.4. The fraction of sp³-hybridized carbons (Fsp3) is 0.613. The summed E-state index contributed by atoms with van der Waals surface area (Å²) in [6.45, 7) is 18.5. The largest absolute Gasteiger partial charge is 0.496 e. The summed E-state index contributed by atoms with van der Waals surface area (Å²) in [6.07, 6.45) is 7.47. The molecular formula is C31H49O2P. The topological polar surface area (TPSA) is 18.5 Å². The number of ether oxygens (including phenoxy) is 2. The van der Waals surface area contributed by atoms with Crippen LogP contribution in [0.1, 0.15) is 116 Å². The monoisotopic (exact) mass is 484 g/mol. The van der Waals surface area contributed by atoms with Crippen LogP contribution >= 0.6 is 7.92 Å². The van der Waals surface area contributed by atoms with Gasteiger partial charge in [0.2, 0.25) is 0 Å². The maximum atomic E-state index is 6.10. The van der Waals surface area contributed by atoms with Crippen LogP contribution in [-0.4, -0.2) is 26.5 Å². The maximum absolute atomic E-state index is 6.10. The van der Waals surface area contributed by atoms with Gasteiger partial charge in [0.05, 0.1) is 14.2 Å². The summed E-state index contributed by atoms with van der Waals surface area (Å²) in [7, 11) is 3.30. The van der Waals surface area contributed by atoms with Crippen LogP contribution in [0.2, 0.25) is 0 Å². The van der Waals surface area contributed by atoms with E-state index < -0.39 is 0 Å². The molecule has 0 saturated carbocycles. The minimum absolute atomic E-state index is 0.349. The molecule has 0 spiro atoms. The molecule has 0 atom stereocenters. The summed E-state index contributed by atoms with van der Waals surface area (Å²) >= 11 is 0. The number of rotatable bonds is 13. The second-order valence-corrected chi connectivity index (χ2v) is 12.8. The van der Waals surface area contributed by atoms with Gasteiger partial charge in [-0.25, -0.2) is 0 Å². The molecule has 2 nitrogen and oxygen atoms in total. The van der Waals surface area contributed by atoms with Crippen molar-refractivity contribution in [2.24, 2.45) is 0 Å². The first-order valence-corrected chi connectivity index (χ1v) is 15.1. The fourth-order valence-corrected chi connectivity index (χ4v) is 7.80. The van der Waals surface area contributed by atoms with E-state index in [9.17, 15) is 0 Å². The predicted molar refractivity (Wildman–Crippen MR) is 153 cm³/mol. The Labute approximate surface area is 211 Å². The molecule has 0 N–H and O–H groups in total. The molecule has 0 amide bonds. The molecule has 0 radical (unpaired) electrons. The molecule has 0 fully saturated rings. The summed E-state index contributed by atoms with van der Waals surface area (Å²) in [4.78, 5) is 0. The number of hydrogen-bond donors (Lipinski definition) is 0. The van der Waals surface area contributed by atoms with Crippen LogP contribution in [0, 0.1) is 0 Å². The first-order chi connectivity index (χ1) is 16.2. The van der Waals surface area contributed by atoms with Gasteiger partial charge in [0.1, 0.15) is 11.5 Å². The first-order valence-electron chi connectivity index (χ1n) is 13.4. The third kappa shape index (κ3) is 6.57. The van der Waals surface area contributed by atoms with Crippen LogP contribution < -0.4 is 14.8 Å². The summed E-state index contributed by atoms with van der Waals surface area (Å²) in [5, 5.41) is 1.42. The molecule has 0 aromatic heterocycles. The summed E-state index contributed by atoms with van der Waals surface area (Å²) in [5.74, 6) is 3.37. The van der Waals surface area contributed by atoms with E-state index in [0.29, 0.717) is 17.8 Å². The highest BCUT2D eigenvalue weighted by Gasteiger charge is 2.28. The van der Waals surface area contributed by atoms with Crippen molar-refractivity contribution in [3.8, 4) is 22.6 Å². The Balaban J connectivity index is 3.02. The number of benzene rings is 2. The average Bonchev–Trinajstić information content (AvgIpc) is 2.82. The highest BCUT2D eigenvalue weighted by molar-refractivity contribution is 7.66. The zero-order valence-electron chi connectivity index (χ0n) is 23.5. The van der Waals surface area contributed by atoms with Crippen LogP contribution in [0.25, 0.3) is 11.1 Å². The molecule has 3 heteroatoms. The number of unbranched alkanes of at least 4 members (excludes halogenated alkanes) is 2. The molecule has 0 aliphatic carbocycles. The van der Waals surface area contributed by atoms with Crippen molar-refractivity contribution in [3.05, 3.63) is 41.0 Å². The van der Waals surface area contributed by atoms with Crippen molar-refractivity contribution in [1.29, 1.82) is 0 Å². The lowest BCUT2D eigenvalue weighted by Crippen LogP contribution is -2.17. The molecule has 34 heavy (non-hydrogen) atoms. The minimum atomic E-state index is -0.349. The predicted octanol–water partition coefficient (Wildman–Crippen LogP) is 9.45. The zero-order chi connectivity index (χ0) is 25.4. The van der Waals surface area contributed by atoms with Gasteiger partial charge in [-0.2, -0.15) is 0 Å². The van der Waals surface area contributed by atoms with Gasteiger partial charge in [-0.3, -0.25) is 0 Å². The molecule has 0 aliphatic heterocycles. The maximum Gasteiger partial charge on any atom is 0.127 e. The SMILES string of the molecule is CCCCP(CCCC)c1c(OC)ccc(OC)c1-c1c(C(C)C)cc(C(C)C)cc1C(C)C. The van der Waals surface area contributed by atoms with Crippen LogP contribution in [0.5, 0.6) is 11.5 Å². The molecule has 2 rings (SSSR count). The highest BCUT2D eigenvalue weighted by Crippen LogP contribution is 2.50. The van der Waals surface area contributed by atoms with Crippen LogP contribution in [0.3, 0.4) is 0 Å². The van der Waals surface area contributed by atoms with E-state index in [4.69, 9.17) is 9.47 Å². The van der Waals surface area contributed by atoms with Crippen molar-refractivity contribution in [2.75, 3.05) is 26.5 Å². The van der Waals surface area contributed by atoms with E-state index in [-0.39, 0.29) is 7.92 Å². The molecule has 0 heterocycles. The van der Waals surface area contributed by atoms with Crippen LogP contribution in [-0.2, 0) is 0 Å². The molecule has 0 saturated heterocycles. The van der Waals surface area contributed by atoms with Gasteiger partial charge in [0.25, 0.3) is 0 Å². The van der Waals surface area contributed by atoms with E-state index in [2.05, 4.69) is 79.7 Å². The van der Waals surface area contributed by atoms with Gasteiger partial charge in [-0.05, 0) is 77.3 Å². The van der Waals surface area contributed by atoms with Gasteiger partial charge in [-0.1, -0.05) is 88.3 Å². The highest BCUT2D eigenvalue weighted by atomic mass is 31.1. The quantitative estimate of drug-likeness (QED) is 0.264. The number of methoxy groups -OCH3 is 2. The van der Waals surface area contributed by atoms with Crippen molar-refractivity contribution < 1.29 is 9.47 Å². The first kappa shape index (κ1) is 28.7. The number of hydrogen-bond acceptors (Lipinski definition) is 2. The summed E-state index contributed by atoms with van der Waals surface area (Å²) < 4.78 is 12.2. The van der Waals surface area contributed by atoms with Crippen molar-refractivity contribution >= 4 is 13.2 Å². The van der Waals surface area contributed by atoms with Gasteiger partial charge in [0, 0.05) is 10.9 Å². The van der Waals surface area contributed by atoms with E-state index in [1.807, 2.05) is 14.2 Å². The third-order valence-electron chi connectivity index (χ3n) is 6.80. The van der Waals surface area contributed by atoms with Gasteiger partial charge in [-0.15, -0.1) is 0 Å². The van der Waals surface area contributed by atoms with Crippen molar-refractivity contribution in [2.45, 2.75) is 98.8 Å². The standard InChI is InChI=1S/C31H49O2P/c1-11-13-17-34(18-14-12-2)31-28(33-10)16-15-27(32-9)30(31)29-25(22(5)6)19-24(21(3)4)20-26(29)23(7)8/h15-16,19-23H,11-14,17-18H2,1-10H3. The van der Waals surface area contributed by atoms with E-state index >= 15 is 0 Å². The fourth-order valence-electron chi connectivity index (χ4n) is 4.72. The average molecular weight is 485 g/mol. The van der Waals surface area contributed by atoms with Gasteiger partial charge < -0.3 is 9.47 Å². The van der Waals surface area contributed by atoms with Crippen molar-refractivity contribution in [1.82, 2.24) is 0 Å². The van der Waals surface area contributed by atoms with E-state index in [0.717, 1.165) is 11.5 Å². The Hall–Kier alpha value is -1.53. The lowest BCUT2D eigenvalue weighted by Gasteiger charge is -2.29. The van der Waals surface area contributed by atoms with Gasteiger partial charge >= 0.3 is 0 Å². The third-order valence-corrected chi connectivity index (χ3v) is 9.59. The summed E-state index contributed by atoms with van der Waals surface area (Å²) in [6, 6.07) is 9.17. The summed E-state index contributed by atoms with van der Waals surface area (Å²) in [5.41, 5.74) is 6.98. The second-order valence-electron chi connectivity index (χ2n) is 10.4. The van der Waals surface area contributed by atoms with Crippen LogP contribution in [0.4, 0.5) is 0 Å². The molecular weight excluding hydrogens is 435 g/mol.